The highest BCUT2D eigenvalue weighted by molar-refractivity contribution is 6.06. The van der Waals surface area contributed by atoms with Crippen LogP contribution in [0.25, 0.3) is 0 Å². The molecule has 7 heteroatoms. The van der Waals surface area contributed by atoms with Crippen molar-refractivity contribution >= 4 is 23.2 Å². The molecule has 2 heterocycles. The zero-order valence-electron chi connectivity index (χ0n) is 16.3. The zero-order valence-corrected chi connectivity index (χ0v) is 16.3. The summed E-state index contributed by atoms with van der Waals surface area (Å²) in [4.78, 5) is 29.3. The van der Waals surface area contributed by atoms with Gasteiger partial charge < -0.3 is 24.6 Å². The second-order valence-electron chi connectivity index (χ2n) is 7.05. The molecule has 0 bridgehead atoms. The van der Waals surface area contributed by atoms with Crippen LogP contribution in [0, 0.1) is 0 Å². The molecule has 0 aliphatic carbocycles. The first-order valence-corrected chi connectivity index (χ1v) is 9.92. The van der Waals surface area contributed by atoms with Crippen LogP contribution in [0.4, 0.5) is 11.4 Å². The Kier molecular flexibility index (Phi) is 6.07. The van der Waals surface area contributed by atoms with Crippen LogP contribution in [-0.2, 0) is 9.47 Å². The third kappa shape index (κ3) is 4.58. The van der Waals surface area contributed by atoms with Crippen LogP contribution >= 0.6 is 0 Å². The van der Waals surface area contributed by atoms with Crippen molar-refractivity contribution in [1.82, 2.24) is 4.90 Å². The summed E-state index contributed by atoms with van der Waals surface area (Å²) in [6.45, 7) is 5.28. The highest BCUT2D eigenvalue weighted by Crippen LogP contribution is 2.27. The molecule has 2 aromatic rings. The van der Waals surface area contributed by atoms with E-state index in [0.717, 1.165) is 24.5 Å². The molecule has 2 aliphatic rings. The number of carbonyl (C=O) groups excluding carboxylic acids is 2. The second kappa shape index (κ2) is 9.07. The van der Waals surface area contributed by atoms with E-state index in [1.54, 1.807) is 29.2 Å². The monoisotopic (exact) mass is 395 g/mol. The second-order valence-corrected chi connectivity index (χ2v) is 7.05. The van der Waals surface area contributed by atoms with Crippen LogP contribution in [0.1, 0.15) is 20.7 Å². The molecular weight excluding hydrogens is 370 g/mol. The minimum atomic E-state index is -0.198. The fourth-order valence-corrected chi connectivity index (χ4v) is 3.57. The lowest BCUT2D eigenvalue weighted by Gasteiger charge is -2.30. The Hall–Kier alpha value is -2.90. The first-order chi connectivity index (χ1) is 14.2. The first kappa shape index (κ1) is 19.4. The van der Waals surface area contributed by atoms with E-state index in [-0.39, 0.29) is 11.8 Å². The molecule has 1 N–H and O–H groups in total. The average molecular weight is 395 g/mol. The van der Waals surface area contributed by atoms with Crippen molar-refractivity contribution in [2.24, 2.45) is 0 Å². The topological polar surface area (TPSA) is 71.1 Å². The number of hydrogen-bond acceptors (Lipinski definition) is 5. The summed E-state index contributed by atoms with van der Waals surface area (Å²) in [5.74, 6) is -0.228. The minimum Gasteiger partial charge on any atom is -0.378 e. The van der Waals surface area contributed by atoms with Gasteiger partial charge in [-0.05, 0) is 36.4 Å². The minimum absolute atomic E-state index is 0.0297. The first-order valence-electron chi connectivity index (χ1n) is 9.92. The Labute approximate surface area is 170 Å². The SMILES string of the molecule is O=C(Nc1ccccc1N1CCOCC1)c1ccc(C(=O)N2CCOCC2)cc1. The summed E-state index contributed by atoms with van der Waals surface area (Å²) in [5.41, 5.74) is 2.86. The highest BCUT2D eigenvalue weighted by atomic mass is 16.5. The van der Waals surface area contributed by atoms with Crippen molar-refractivity contribution in [3.8, 4) is 0 Å². The number of hydrogen-bond donors (Lipinski definition) is 1. The van der Waals surface area contributed by atoms with Gasteiger partial charge in [0.15, 0.2) is 0 Å². The van der Waals surface area contributed by atoms with Crippen LogP contribution in [0.15, 0.2) is 48.5 Å². The summed E-state index contributed by atoms with van der Waals surface area (Å²) in [6, 6.07) is 14.6. The van der Waals surface area contributed by atoms with Gasteiger partial charge in [0, 0.05) is 37.3 Å². The molecule has 2 amide bonds. The van der Waals surface area contributed by atoms with Gasteiger partial charge in [-0.2, -0.15) is 0 Å². The molecule has 0 unspecified atom stereocenters. The molecule has 7 nitrogen and oxygen atoms in total. The molecule has 0 spiro atoms. The van der Waals surface area contributed by atoms with Gasteiger partial charge in [0.2, 0.25) is 0 Å². The van der Waals surface area contributed by atoms with Crippen molar-refractivity contribution in [2.75, 3.05) is 62.8 Å². The Morgan fingerprint density at radius 1 is 0.759 bits per heavy atom. The van der Waals surface area contributed by atoms with Crippen molar-refractivity contribution in [3.05, 3.63) is 59.7 Å². The quantitative estimate of drug-likeness (QED) is 0.860. The third-order valence-corrected chi connectivity index (χ3v) is 5.20. The van der Waals surface area contributed by atoms with Gasteiger partial charge in [0.25, 0.3) is 11.8 Å². The largest absolute Gasteiger partial charge is 0.378 e. The maximum atomic E-state index is 12.8. The highest BCUT2D eigenvalue weighted by Gasteiger charge is 2.19. The summed E-state index contributed by atoms with van der Waals surface area (Å²) in [5, 5.41) is 3.00. The number of rotatable bonds is 4. The fourth-order valence-electron chi connectivity index (χ4n) is 3.57. The number of anilines is 2. The molecule has 0 radical (unpaired) electrons. The molecule has 152 valence electrons. The Balaban J connectivity index is 1.44. The molecule has 4 rings (SSSR count). The number of benzene rings is 2. The Morgan fingerprint density at radius 2 is 1.34 bits per heavy atom. The van der Waals surface area contributed by atoms with E-state index in [1.807, 2.05) is 24.3 Å². The van der Waals surface area contributed by atoms with Gasteiger partial charge in [-0.1, -0.05) is 12.1 Å². The van der Waals surface area contributed by atoms with Crippen LogP contribution in [0.2, 0.25) is 0 Å². The van der Waals surface area contributed by atoms with Crippen LogP contribution in [0.3, 0.4) is 0 Å². The van der Waals surface area contributed by atoms with Crippen LogP contribution in [0.5, 0.6) is 0 Å². The number of nitrogens with zero attached hydrogens (tertiary/aromatic N) is 2. The lowest BCUT2D eigenvalue weighted by molar-refractivity contribution is 0.0303. The van der Waals surface area contributed by atoms with E-state index in [4.69, 9.17) is 9.47 Å². The summed E-state index contributed by atoms with van der Waals surface area (Å²) >= 11 is 0. The standard InChI is InChI=1S/C22H25N3O4/c26-21(23-19-3-1-2-4-20(19)24-9-13-28-14-10-24)17-5-7-18(8-6-17)22(27)25-11-15-29-16-12-25/h1-8H,9-16H2,(H,23,26). The van der Waals surface area contributed by atoms with E-state index in [2.05, 4.69) is 10.2 Å². The summed E-state index contributed by atoms with van der Waals surface area (Å²) < 4.78 is 10.7. The molecule has 2 saturated heterocycles. The van der Waals surface area contributed by atoms with Crippen molar-refractivity contribution in [1.29, 1.82) is 0 Å². The van der Waals surface area contributed by atoms with Crippen molar-refractivity contribution < 1.29 is 19.1 Å². The molecule has 29 heavy (non-hydrogen) atoms. The molecule has 2 aliphatic heterocycles. The lowest BCUT2D eigenvalue weighted by atomic mass is 10.1. The normalized spacial score (nSPS) is 17.1. The van der Waals surface area contributed by atoms with E-state index in [1.165, 1.54) is 0 Å². The maximum absolute atomic E-state index is 12.8. The van der Waals surface area contributed by atoms with Crippen molar-refractivity contribution in [3.63, 3.8) is 0 Å². The van der Waals surface area contributed by atoms with Crippen LogP contribution in [-0.4, -0.2) is 69.3 Å². The Bertz CT molecular complexity index is 857. The number of amides is 2. The molecule has 0 saturated carbocycles. The number of para-hydroxylation sites is 2. The van der Waals surface area contributed by atoms with E-state index < -0.39 is 0 Å². The number of ether oxygens (including phenoxy) is 2. The summed E-state index contributed by atoms with van der Waals surface area (Å²) in [6.07, 6.45) is 0. The molecule has 2 fully saturated rings. The number of morpholine rings is 2. The van der Waals surface area contributed by atoms with E-state index in [0.29, 0.717) is 50.6 Å². The fraction of sp³-hybridized carbons (Fsp3) is 0.364. The van der Waals surface area contributed by atoms with Gasteiger partial charge in [-0.3, -0.25) is 9.59 Å². The number of nitrogens with one attached hydrogen (secondary N) is 1. The van der Waals surface area contributed by atoms with Gasteiger partial charge in [0.1, 0.15) is 0 Å². The third-order valence-electron chi connectivity index (χ3n) is 5.20. The number of carbonyl (C=O) groups is 2. The predicted molar refractivity (Wildman–Crippen MR) is 111 cm³/mol. The average Bonchev–Trinajstić information content (AvgIpc) is 2.80. The molecule has 0 atom stereocenters. The van der Waals surface area contributed by atoms with Gasteiger partial charge in [-0.25, -0.2) is 0 Å². The van der Waals surface area contributed by atoms with Gasteiger partial charge >= 0.3 is 0 Å². The molecular formula is C22H25N3O4. The zero-order chi connectivity index (χ0) is 20.1. The molecule has 2 aromatic carbocycles. The predicted octanol–water partition coefficient (Wildman–Crippen LogP) is 2.25. The van der Waals surface area contributed by atoms with Crippen LogP contribution < -0.4 is 10.2 Å². The lowest BCUT2D eigenvalue weighted by Crippen LogP contribution is -2.40. The Morgan fingerprint density at radius 3 is 2.03 bits per heavy atom. The van der Waals surface area contributed by atoms with Gasteiger partial charge in [-0.15, -0.1) is 0 Å². The van der Waals surface area contributed by atoms with Crippen molar-refractivity contribution in [2.45, 2.75) is 0 Å². The molecule has 0 aromatic heterocycles. The smallest absolute Gasteiger partial charge is 0.255 e. The van der Waals surface area contributed by atoms with E-state index >= 15 is 0 Å². The maximum Gasteiger partial charge on any atom is 0.255 e. The van der Waals surface area contributed by atoms with E-state index in [9.17, 15) is 9.59 Å². The summed E-state index contributed by atoms with van der Waals surface area (Å²) in [7, 11) is 0. The van der Waals surface area contributed by atoms with Gasteiger partial charge in [0.05, 0.1) is 37.8 Å².